The lowest BCUT2D eigenvalue weighted by molar-refractivity contribution is -0.148. The van der Waals surface area contributed by atoms with Crippen molar-refractivity contribution in [1.29, 1.82) is 0 Å². The Bertz CT molecular complexity index is 871. The van der Waals surface area contributed by atoms with Crippen LogP contribution in [0.2, 0.25) is 0 Å². The molecule has 1 atom stereocenters. The third-order valence-electron chi connectivity index (χ3n) is 4.63. The van der Waals surface area contributed by atoms with E-state index in [1.807, 2.05) is 49.4 Å². The third-order valence-corrected chi connectivity index (χ3v) is 4.63. The number of benzene rings is 2. The molecule has 0 fully saturated rings. The minimum Gasteiger partial charge on any atom is -0.494 e. The van der Waals surface area contributed by atoms with Crippen LogP contribution in [0.5, 0.6) is 5.75 Å². The van der Waals surface area contributed by atoms with E-state index in [-0.39, 0.29) is 5.91 Å². The SMILES string of the molecule is CCOc1ccc(/C=C/C(=O)O[C@H](C)C(=O)Nc2ccc3c(c2)CCC3)cc1. The van der Waals surface area contributed by atoms with Gasteiger partial charge in [0.25, 0.3) is 5.91 Å². The average molecular weight is 379 g/mol. The quantitative estimate of drug-likeness (QED) is 0.580. The molecule has 1 aliphatic rings. The summed E-state index contributed by atoms with van der Waals surface area (Å²) in [4.78, 5) is 24.3. The van der Waals surface area contributed by atoms with Crippen LogP contribution in [0.25, 0.3) is 6.08 Å². The van der Waals surface area contributed by atoms with Crippen molar-refractivity contribution >= 4 is 23.6 Å². The maximum absolute atomic E-state index is 12.3. The van der Waals surface area contributed by atoms with Gasteiger partial charge in [-0.05, 0) is 80.1 Å². The van der Waals surface area contributed by atoms with Crippen LogP contribution in [-0.4, -0.2) is 24.6 Å². The van der Waals surface area contributed by atoms with Crippen LogP contribution in [0.1, 0.15) is 37.0 Å². The fourth-order valence-corrected chi connectivity index (χ4v) is 3.17. The van der Waals surface area contributed by atoms with Crippen LogP contribution < -0.4 is 10.1 Å². The van der Waals surface area contributed by atoms with Gasteiger partial charge in [0.2, 0.25) is 0 Å². The van der Waals surface area contributed by atoms with E-state index in [2.05, 4.69) is 5.32 Å². The Labute approximate surface area is 165 Å². The molecule has 0 aromatic heterocycles. The van der Waals surface area contributed by atoms with Gasteiger partial charge in [-0.15, -0.1) is 0 Å². The van der Waals surface area contributed by atoms with Crippen molar-refractivity contribution in [3.05, 3.63) is 65.2 Å². The number of carbonyl (C=O) groups excluding carboxylic acids is 2. The molecule has 0 saturated carbocycles. The number of hydrogen-bond acceptors (Lipinski definition) is 4. The zero-order chi connectivity index (χ0) is 19.9. The van der Waals surface area contributed by atoms with E-state index in [0.717, 1.165) is 36.3 Å². The van der Waals surface area contributed by atoms with E-state index in [1.54, 1.807) is 13.0 Å². The number of nitrogens with one attached hydrogen (secondary N) is 1. The van der Waals surface area contributed by atoms with E-state index >= 15 is 0 Å². The summed E-state index contributed by atoms with van der Waals surface area (Å²) < 4.78 is 10.6. The summed E-state index contributed by atoms with van der Waals surface area (Å²) in [5.74, 6) is -0.134. The van der Waals surface area contributed by atoms with Crippen LogP contribution in [0, 0.1) is 0 Å². The van der Waals surface area contributed by atoms with Gasteiger partial charge >= 0.3 is 5.97 Å². The second kappa shape index (κ2) is 9.22. The van der Waals surface area contributed by atoms with Gasteiger partial charge in [-0.25, -0.2) is 4.79 Å². The number of amides is 1. The van der Waals surface area contributed by atoms with Crippen molar-refractivity contribution < 1.29 is 19.1 Å². The monoisotopic (exact) mass is 379 g/mol. The number of esters is 1. The largest absolute Gasteiger partial charge is 0.494 e. The summed E-state index contributed by atoms with van der Waals surface area (Å²) >= 11 is 0. The number of carbonyl (C=O) groups is 2. The van der Waals surface area contributed by atoms with Gasteiger partial charge < -0.3 is 14.8 Å². The highest BCUT2D eigenvalue weighted by Gasteiger charge is 2.18. The number of ether oxygens (including phenoxy) is 2. The molecule has 5 nitrogen and oxygen atoms in total. The maximum atomic E-state index is 12.3. The first-order valence-electron chi connectivity index (χ1n) is 9.59. The molecule has 146 valence electrons. The predicted octanol–water partition coefficient (Wildman–Crippen LogP) is 4.16. The molecule has 2 aromatic carbocycles. The molecule has 1 amide bonds. The summed E-state index contributed by atoms with van der Waals surface area (Å²) in [6.45, 7) is 4.09. The molecule has 3 rings (SSSR count). The molecule has 1 N–H and O–H groups in total. The Balaban J connectivity index is 1.51. The van der Waals surface area contributed by atoms with E-state index < -0.39 is 12.1 Å². The highest BCUT2D eigenvalue weighted by Crippen LogP contribution is 2.25. The highest BCUT2D eigenvalue weighted by molar-refractivity contribution is 5.96. The predicted molar refractivity (Wildman–Crippen MR) is 109 cm³/mol. The normalized spacial score (nSPS) is 13.8. The molecule has 0 bridgehead atoms. The molecule has 28 heavy (non-hydrogen) atoms. The van der Waals surface area contributed by atoms with Crippen molar-refractivity contribution in [3.63, 3.8) is 0 Å². The van der Waals surface area contributed by atoms with E-state index in [0.29, 0.717) is 6.61 Å². The molecule has 0 heterocycles. The smallest absolute Gasteiger partial charge is 0.331 e. The molecular formula is C23H25NO4. The maximum Gasteiger partial charge on any atom is 0.331 e. The standard InChI is InChI=1S/C23H25NO4/c1-3-27-21-12-7-17(8-13-21)9-14-22(25)28-16(2)23(26)24-20-11-10-18-5-4-6-19(18)15-20/h7-16H,3-6H2,1-2H3,(H,24,26)/b14-9+/t16-/m1/s1. The first-order valence-corrected chi connectivity index (χ1v) is 9.59. The van der Waals surface area contributed by atoms with Crippen LogP contribution in [0.4, 0.5) is 5.69 Å². The number of hydrogen-bond donors (Lipinski definition) is 1. The first kappa shape index (κ1) is 19.7. The van der Waals surface area contributed by atoms with E-state index in [9.17, 15) is 9.59 Å². The molecule has 0 radical (unpaired) electrons. The molecular weight excluding hydrogens is 354 g/mol. The van der Waals surface area contributed by atoms with Gasteiger partial charge in [0.1, 0.15) is 5.75 Å². The van der Waals surface area contributed by atoms with Gasteiger partial charge in [0, 0.05) is 11.8 Å². The van der Waals surface area contributed by atoms with Crippen molar-refractivity contribution in [3.8, 4) is 5.75 Å². The Hall–Kier alpha value is -3.08. The van der Waals surface area contributed by atoms with Gasteiger partial charge in [-0.1, -0.05) is 18.2 Å². The molecule has 5 heteroatoms. The Kier molecular flexibility index (Phi) is 6.48. The van der Waals surface area contributed by atoms with Gasteiger partial charge in [0.15, 0.2) is 6.10 Å². The van der Waals surface area contributed by atoms with Gasteiger partial charge in [-0.3, -0.25) is 4.79 Å². The molecule has 0 saturated heterocycles. The third kappa shape index (κ3) is 5.22. The summed E-state index contributed by atoms with van der Waals surface area (Å²) in [7, 11) is 0. The first-order chi connectivity index (χ1) is 13.5. The summed E-state index contributed by atoms with van der Waals surface area (Å²) in [5, 5.41) is 2.81. The minimum absolute atomic E-state index is 0.347. The zero-order valence-electron chi connectivity index (χ0n) is 16.2. The Morgan fingerprint density at radius 2 is 1.86 bits per heavy atom. The average Bonchev–Trinajstić information content (AvgIpc) is 3.15. The Morgan fingerprint density at radius 1 is 1.11 bits per heavy atom. The molecule has 0 aliphatic heterocycles. The lowest BCUT2D eigenvalue weighted by Gasteiger charge is -2.13. The number of rotatable bonds is 7. The van der Waals surface area contributed by atoms with E-state index in [1.165, 1.54) is 17.2 Å². The fourth-order valence-electron chi connectivity index (χ4n) is 3.17. The van der Waals surface area contributed by atoms with Crippen molar-refractivity contribution in [2.45, 2.75) is 39.2 Å². The lowest BCUT2D eigenvalue weighted by Crippen LogP contribution is -2.29. The number of anilines is 1. The topological polar surface area (TPSA) is 64.6 Å². The van der Waals surface area contributed by atoms with E-state index in [4.69, 9.17) is 9.47 Å². The number of aryl methyl sites for hydroxylation is 2. The highest BCUT2D eigenvalue weighted by atomic mass is 16.5. The molecule has 0 unspecified atom stereocenters. The summed E-state index contributed by atoms with van der Waals surface area (Å²) in [6, 6.07) is 13.3. The van der Waals surface area contributed by atoms with Crippen molar-refractivity contribution in [2.24, 2.45) is 0 Å². The van der Waals surface area contributed by atoms with Gasteiger partial charge in [-0.2, -0.15) is 0 Å². The van der Waals surface area contributed by atoms with Crippen LogP contribution in [0.15, 0.2) is 48.5 Å². The zero-order valence-corrected chi connectivity index (χ0v) is 16.2. The van der Waals surface area contributed by atoms with Crippen molar-refractivity contribution in [2.75, 3.05) is 11.9 Å². The van der Waals surface area contributed by atoms with Crippen LogP contribution in [0.3, 0.4) is 0 Å². The molecule has 0 spiro atoms. The van der Waals surface area contributed by atoms with Crippen LogP contribution in [-0.2, 0) is 27.2 Å². The Morgan fingerprint density at radius 3 is 2.61 bits per heavy atom. The van der Waals surface area contributed by atoms with Crippen LogP contribution >= 0.6 is 0 Å². The molecule has 2 aromatic rings. The fraction of sp³-hybridized carbons (Fsp3) is 0.304. The molecule has 1 aliphatic carbocycles. The number of fused-ring (bicyclic) bond motifs is 1. The second-order valence-corrected chi connectivity index (χ2v) is 6.74. The summed E-state index contributed by atoms with van der Waals surface area (Å²) in [6.07, 6.45) is 5.36. The van der Waals surface area contributed by atoms with Crippen molar-refractivity contribution in [1.82, 2.24) is 0 Å². The minimum atomic E-state index is -0.884. The lowest BCUT2D eigenvalue weighted by atomic mass is 10.1. The summed E-state index contributed by atoms with van der Waals surface area (Å²) in [5.41, 5.74) is 4.20. The second-order valence-electron chi connectivity index (χ2n) is 6.74. The van der Waals surface area contributed by atoms with Gasteiger partial charge in [0.05, 0.1) is 6.61 Å².